The van der Waals surface area contributed by atoms with Crippen molar-refractivity contribution in [2.45, 2.75) is 53.0 Å². The van der Waals surface area contributed by atoms with Crippen LogP contribution in [0.5, 0.6) is 0 Å². The Balaban J connectivity index is 2.93. The molecule has 1 aromatic rings. The van der Waals surface area contributed by atoms with Crippen molar-refractivity contribution in [3.8, 4) is 6.07 Å². The van der Waals surface area contributed by atoms with Crippen LogP contribution in [0.3, 0.4) is 0 Å². The summed E-state index contributed by atoms with van der Waals surface area (Å²) in [5, 5.41) is 9.12. The highest BCUT2D eigenvalue weighted by Crippen LogP contribution is 2.22. The lowest BCUT2D eigenvalue weighted by Gasteiger charge is -2.12. The number of nitrogens with zero attached hydrogens (tertiary/aromatic N) is 2. The zero-order valence-electron chi connectivity index (χ0n) is 11.2. The Morgan fingerprint density at radius 2 is 2.12 bits per heavy atom. The Morgan fingerprint density at radius 1 is 1.41 bits per heavy atom. The smallest absolute Gasteiger partial charge is 0.122 e. The molecule has 3 nitrogen and oxygen atoms in total. The molecule has 0 spiro atoms. The molecule has 94 valence electrons. The average molecular weight is 233 g/mol. The maximum absolute atomic E-state index is 9.12. The predicted octanol–water partition coefficient (Wildman–Crippen LogP) is 3.33. The number of nitrogens with two attached hydrogens (primary N) is 1. The normalized spacial score (nSPS) is 10.8. The van der Waals surface area contributed by atoms with Crippen LogP contribution in [0, 0.1) is 17.2 Å². The van der Waals surface area contributed by atoms with Gasteiger partial charge in [-0.3, -0.25) is 0 Å². The van der Waals surface area contributed by atoms with Gasteiger partial charge in [0.25, 0.3) is 0 Å². The second-order valence-electron chi connectivity index (χ2n) is 5.00. The van der Waals surface area contributed by atoms with Gasteiger partial charge in [-0.1, -0.05) is 33.6 Å². The second kappa shape index (κ2) is 6.34. The van der Waals surface area contributed by atoms with Gasteiger partial charge in [-0.05, 0) is 24.8 Å². The van der Waals surface area contributed by atoms with E-state index in [1.807, 2.05) is 6.07 Å². The van der Waals surface area contributed by atoms with E-state index in [1.165, 1.54) is 12.8 Å². The van der Waals surface area contributed by atoms with E-state index in [0.29, 0.717) is 11.6 Å². The van der Waals surface area contributed by atoms with Crippen LogP contribution < -0.4 is 5.73 Å². The Bertz CT molecular complexity index is 396. The summed E-state index contributed by atoms with van der Waals surface area (Å²) in [6.45, 7) is 7.45. The SMILES string of the molecule is CCCCCn1c(C#N)cc(N)c1CC(C)C. The van der Waals surface area contributed by atoms with Crippen molar-refractivity contribution in [2.24, 2.45) is 5.92 Å². The first-order chi connectivity index (χ1) is 8.10. The molecule has 17 heavy (non-hydrogen) atoms. The number of nitriles is 1. The minimum Gasteiger partial charge on any atom is -0.397 e. The quantitative estimate of drug-likeness (QED) is 0.766. The molecule has 0 aliphatic carbocycles. The van der Waals surface area contributed by atoms with Crippen LogP contribution in [0.1, 0.15) is 51.4 Å². The summed E-state index contributed by atoms with van der Waals surface area (Å²) in [4.78, 5) is 0. The zero-order valence-corrected chi connectivity index (χ0v) is 11.2. The number of unbranched alkanes of at least 4 members (excludes halogenated alkanes) is 2. The van der Waals surface area contributed by atoms with Gasteiger partial charge in [0.15, 0.2) is 0 Å². The van der Waals surface area contributed by atoms with Gasteiger partial charge in [0.1, 0.15) is 11.8 Å². The van der Waals surface area contributed by atoms with Gasteiger partial charge in [0.05, 0.1) is 5.69 Å². The highest BCUT2D eigenvalue weighted by Gasteiger charge is 2.13. The number of aromatic nitrogens is 1. The Kier molecular flexibility index (Phi) is 5.09. The summed E-state index contributed by atoms with van der Waals surface area (Å²) in [5.74, 6) is 0.559. The molecule has 0 saturated carbocycles. The van der Waals surface area contributed by atoms with Crippen molar-refractivity contribution in [1.82, 2.24) is 4.57 Å². The van der Waals surface area contributed by atoms with Gasteiger partial charge in [0, 0.05) is 12.2 Å². The molecule has 0 radical (unpaired) electrons. The molecule has 0 saturated heterocycles. The van der Waals surface area contributed by atoms with E-state index >= 15 is 0 Å². The summed E-state index contributed by atoms with van der Waals surface area (Å²) in [6.07, 6.45) is 4.45. The first-order valence-electron chi connectivity index (χ1n) is 6.48. The van der Waals surface area contributed by atoms with Crippen molar-refractivity contribution in [1.29, 1.82) is 5.26 Å². The first-order valence-corrected chi connectivity index (χ1v) is 6.48. The van der Waals surface area contributed by atoms with Crippen LogP contribution in [-0.2, 0) is 13.0 Å². The van der Waals surface area contributed by atoms with Gasteiger partial charge >= 0.3 is 0 Å². The molecule has 0 atom stereocenters. The maximum Gasteiger partial charge on any atom is 0.122 e. The standard InChI is InChI=1S/C14H23N3/c1-4-5-6-7-17-12(10-15)9-13(16)14(17)8-11(2)3/h9,11H,4-8,16H2,1-3H3. The lowest BCUT2D eigenvalue weighted by atomic mass is 10.1. The fourth-order valence-corrected chi connectivity index (χ4v) is 2.09. The summed E-state index contributed by atoms with van der Waals surface area (Å²) in [7, 11) is 0. The highest BCUT2D eigenvalue weighted by molar-refractivity contribution is 5.50. The summed E-state index contributed by atoms with van der Waals surface area (Å²) >= 11 is 0. The van der Waals surface area contributed by atoms with Gasteiger partial charge in [-0.25, -0.2) is 0 Å². The second-order valence-corrected chi connectivity index (χ2v) is 5.00. The summed E-state index contributed by atoms with van der Waals surface area (Å²) < 4.78 is 2.10. The predicted molar refractivity (Wildman–Crippen MR) is 71.6 cm³/mol. The van der Waals surface area contributed by atoms with Crippen molar-refractivity contribution in [2.75, 3.05) is 5.73 Å². The molecule has 2 N–H and O–H groups in total. The van der Waals surface area contributed by atoms with E-state index in [2.05, 4.69) is 31.4 Å². The third-order valence-corrected chi connectivity index (χ3v) is 2.94. The third-order valence-electron chi connectivity index (χ3n) is 2.94. The summed E-state index contributed by atoms with van der Waals surface area (Å²) in [6, 6.07) is 4.05. The molecule has 0 fully saturated rings. The molecule has 0 aromatic carbocycles. The number of rotatable bonds is 6. The van der Waals surface area contributed by atoms with E-state index in [9.17, 15) is 0 Å². The highest BCUT2D eigenvalue weighted by atomic mass is 15.0. The van der Waals surface area contributed by atoms with Crippen LogP contribution >= 0.6 is 0 Å². The molecule has 1 rings (SSSR count). The molecule has 0 amide bonds. The maximum atomic E-state index is 9.12. The number of nitrogen functional groups attached to an aromatic ring is 1. The van der Waals surface area contributed by atoms with Crippen molar-refractivity contribution < 1.29 is 0 Å². The molecule has 0 aliphatic heterocycles. The fourth-order valence-electron chi connectivity index (χ4n) is 2.09. The molecule has 0 aliphatic rings. The van der Waals surface area contributed by atoms with Crippen LogP contribution in [0.4, 0.5) is 5.69 Å². The van der Waals surface area contributed by atoms with Crippen LogP contribution in [0.2, 0.25) is 0 Å². The van der Waals surface area contributed by atoms with Gasteiger partial charge in [0.2, 0.25) is 0 Å². The van der Waals surface area contributed by atoms with Crippen molar-refractivity contribution in [3.05, 3.63) is 17.5 Å². The third kappa shape index (κ3) is 3.52. The molecule has 1 aromatic heterocycles. The zero-order chi connectivity index (χ0) is 12.8. The van der Waals surface area contributed by atoms with E-state index in [-0.39, 0.29) is 0 Å². The summed E-state index contributed by atoms with van der Waals surface area (Å²) in [5.41, 5.74) is 8.60. The average Bonchev–Trinajstić information content (AvgIpc) is 2.56. The van der Waals surface area contributed by atoms with E-state index < -0.39 is 0 Å². The van der Waals surface area contributed by atoms with E-state index in [0.717, 1.165) is 30.8 Å². The molecular weight excluding hydrogens is 210 g/mol. The fraction of sp³-hybridized carbons (Fsp3) is 0.643. The topological polar surface area (TPSA) is 54.7 Å². The number of hydrogen-bond acceptors (Lipinski definition) is 2. The van der Waals surface area contributed by atoms with Gasteiger partial charge in [-0.15, -0.1) is 0 Å². The molecule has 1 heterocycles. The largest absolute Gasteiger partial charge is 0.397 e. The molecular formula is C14H23N3. The van der Waals surface area contributed by atoms with E-state index in [4.69, 9.17) is 11.0 Å². The Hall–Kier alpha value is -1.43. The van der Waals surface area contributed by atoms with Crippen LogP contribution in [0.15, 0.2) is 6.07 Å². The van der Waals surface area contributed by atoms with Gasteiger partial charge in [-0.2, -0.15) is 5.26 Å². The first kappa shape index (κ1) is 13.6. The lowest BCUT2D eigenvalue weighted by Crippen LogP contribution is -2.09. The monoisotopic (exact) mass is 233 g/mol. The Labute approximate surface area is 104 Å². The number of anilines is 1. The van der Waals surface area contributed by atoms with Crippen molar-refractivity contribution >= 4 is 5.69 Å². The van der Waals surface area contributed by atoms with Gasteiger partial charge < -0.3 is 10.3 Å². The van der Waals surface area contributed by atoms with Crippen LogP contribution in [0.25, 0.3) is 0 Å². The minimum atomic E-state index is 0.559. The minimum absolute atomic E-state index is 0.559. The Morgan fingerprint density at radius 3 is 2.65 bits per heavy atom. The van der Waals surface area contributed by atoms with Crippen molar-refractivity contribution in [3.63, 3.8) is 0 Å². The molecule has 3 heteroatoms. The van der Waals surface area contributed by atoms with Crippen LogP contribution in [-0.4, -0.2) is 4.57 Å². The lowest BCUT2D eigenvalue weighted by molar-refractivity contribution is 0.551. The van der Waals surface area contributed by atoms with E-state index in [1.54, 1.807) is 0 Å². The number of hydrogen-bond donors (Lipinski definition) is 1. The molecule has 0 bridgehead atoms. The molecule has 0 unspecified atom stereocenters.